The Balaban J connectivity index is 1.72. The first-order valence-corrected chi connectivity index (χ1v) is 8.47. The van der Waals surface area contributed by atoms with Crippen molar-refractivity contribution in [2.45, 2.75) is 39.4 Å². The SMILES string of the molecule is CC(C)CC1Cn2nnc(C(=O)NCc3cccs3)c2C(=O)N1. The van der Waals surface area contributed by atoms with Crippen molar-refractivity contribution in [3.63, 3.8) is 0 Å². The maximum Gasteiger partial charge on any atom is 0.274 e. The number of carbonyl (C=O) groups excluding carboxylic acids is 2. The third-order valence-corrected chi connectivity index (χ3v) is 4.53. The highest BCUT2D eigenvalue weighted by atomic mass is 32.1. The molecule has 1 aliphatic heterocycles. The Bertz CT molecular complexity index is 708. The minimum Gasteiger partial charge on any atom is -0.346 e. The smallest absolute Gasteiger partial charge is 0.274 e. The van der Waals surface area contributed by atoms with Gasteiger partial charge in [0.1, 0.15) is 0 Å². The van der Waals surface area contributed by atoms with E-state index in [2.05, 4.69) is 34.8 Å². The molecule has 1 unspecified atom stereocenters. The van der Waals surface area contributed by atoms with Crippen molar-refractivity contribution in [2.75, 3.05) is 0 Å². The Morgan fingerprint density at radius 1 is 1.57 bits per heavy atom. The van der Waals surface area contributed by atoms with Crippen molar-refractivity contribution in [2.24, 2.45) is 5.92 Å². The average Bonchev–Trinajstić information content (AvgIpc) is 3.13. The van der Waals surface area contributed by atoms with Gasteiger partial charge in [-0.15, -0.1) is 16.4 Å². The standard InChI is InChI=1S/C15H19N5O2S/c1-9(2)6-10-8-20-13(15(22)17-10)12(18-19-20)14(21)16-7-11-4-3-5-23-11/h3-5,9-10H,6-8H2,1-2H3,(H,16,21)(H,17,22). The van der Waals surface area contributed by atoms with Crippen molar-refractivity contribution < 1.29 is 9.59 Å². The van der Waals surface area contributed by atoms with Crippen LogP contribution in [0, 0.1) is 5.92 Å². The summed E-state index contributed by atoms with van der Waals surface area (Å²) in [5, 5.41) is 15.5. The molecule has 3 rings (SSSR count). The molecule has 3 heterocycles. The Hall–Kier alpha value is -2.22. The lowest BCUT2D eigenvalue weighted by atomic mass is 10.0. The summed E-state index contributed by atoms with van der Waals surface area (Å²) in [5.41, 5.74) is 0.329. The lowest BCUT2D eigenvalue weighted by Crippen LogP contribution is -2.46. The van der Waals surface area contributed by atoms with Crippen LogP contribution in [0.4, 0.5) is 0 Å². The monoisotopic (exact) mass is 333 g/mol. The van der Waals surface area contributed by atoms with Crippen LogP contribution < -0.4 is 10.6 Å². The molecule has 2 N–H and O–H groups in total. The van der Waals surface area contributed by atoms with Gasteiger partial charge in [-0.25, -0.2) is 4.68 Å². The Labute approximate surface area is 138 Å². The normalized spacial score (nSPS) is 17.0. The van der Waals surface area contributed by atoms with Crippen LogP contribution in [0.1, 0.15) is 46.1 Å². The van der Waals surface area contributed by atoms with E-state index in [0.29, 0.717) is 19.0 Å². The van der Waals surface area contributed by atoms with Gasteiger partial charge >= 0.3 is 0 Å². The molecule has 2 amide bonds. The van der Waals surface area contributed by atoms with Crippen molar-refractivity contribution >= 4 is 23.2 Å². The summed E-state index contributed by atoms with van der Waals surface area (Å²) in [5.74, 6) is -0.191. The summed E-state index contributed by atoms with van der Waals surface area (Å²) in [6, 6.07) is 3.89. The summed E-state index contributed by atoms with van der Waals surface area (Å²) in [4.78, 5) is 25.6. The fourth-order valence-electron chi connectivity index (χ4n) is 2.69. The first kappa shape index (κ1) is 15.7. The summed E-state index contributed by atoms with van der Waals surface area (Å²) in [6.45, 7) is 5.17. The molecule has 122 valence electrons. The molecule has 8 heteroatoms. The number of hydrogen-bond acceptors (Lipinski definition) is 5. The molecular weight excluding hydrogens is 314 g/mol. The lowest BCUT2D eigenvalue weighted by molar-refractivity contribution is 0.0870. The molecule has 2 aromatic heterocycles. The topological polar surface area (TPSA) is 88.9 Å². The second-order valence-corrected chi connectivity index (χ2v) is 7.06. The van der Waals surface area contributed by atoms with E-state index in [1.807, 2.05) is 17.5 Å². The molecule has 0 spiro atoms. The second kappa shape index (κ2) is 6.49. The fourth-order valence-corrected chi connectivity index (χ4v) is 3.34. The highest BCUT2D eigenvalue weighted by Crippen LogP contribution is 2.16. The molecule has 7 nitrogen and oxygen atoms in total. The predicted octanol–water partition coefficient (Wildman–Crippen LogP) is 1.43. The Morgan fingerprint density at radius 2 is 2.39 bits per heavy atom. The lowest BCUT2D eigenvalue weighted by Gasteiger charge is -2.25. The molecule has 0 aromatic carbocycles. The zero-order valence-electron chi connectivity index (χ0n) is 13.1. The molecule has 1 aliphatic rings. The van der Waals surface area contributed by atoms with Crippen molar-refractivity contribution in [1.29, 1.82) is 0 Å². The molecule has 23 heavy (non-hydrogen) atoms. The number of rotatable bonds is 5. The average molecular weight is 333 g/mol. The molecule has 0 saturated heterocycles. The summed E-state index contributed by atoms with van der Waals surface area (Å²) in [7, 11) is 0. The van der Waals surface area contributed by atoms with Gasteiger partial charge in [-0.3, -0.25) is 9.59 Å². The number of carbonyl (C=O) groups is 2. The highest BCUT2D eigenvalue weighted by molar-refractivity contribution is 7.09. The van der Waals surface area contributed by atoms with Crippen LogP contribution in [-0.2, 0) is 13.1 Å². The largest absolute Gasteiger partial charge is 0.346 e. The molecule has 0 bridgehead atoms. The van der Waals surface area contributed by atoms with Gasteiger partial charge in [0.15, 0.2) is 11.4 Å². The minimum absolute atomic E-state index is 0.0266. The van der Waals surface area contributed by atoms with E-state index in [0.717, 1.165) is 11.3 Å². The molecule has 2 aromatic rings. The molecule has 0 fully saturated rings. The van der Waals surface area contributed by atoms with Crippen molar-refractivity contribution in [3.05, 3.63) is 33.8 Å². The van der Waals surface area contributed by atoms with Crippen molar-refractivity contribution in [1.82, 2.24) is 25.6 Å². The van der Waals surface area contributed by atoms with E-state index in [-0.39, 0.29) is 29.2 Å². The number of amides is 2. The molecule has 0 saturated carbocycles. The minimum atomic E-state index is -0.378. The molecule has 0 radical (unpaired) electrons. The number of hydrogen-bond donors (Lipinski definition) is 2. The van der Waals surface area contributed by atoms with Crippen LogP contribution in [0.25, 0.3) is 0 Å². The van der Waals surface area contributed by atoms with Gasteiger partial charge in [0, 0.05) is 10.9 Å². The first-order chi connectivity index (χ1) is 11.0. The quantitative estimate of drug-likeness (QED) is 0.866. The van der Waals surface area contributed by atoms with Crippen LogP contribution in [0.2, 0.25) is 0 Å². The van der Waals surface area contributed by atoms with Gasteiger partial charge in [-0.05, 0) is 23.8 Å². The third kappa shape index (κ3) is 3.42. The molecular formula is C15H19N5O2S. The number of fused-ring (bicyclic) bond motifs is 1. The van der Waals surface area contributed by atoms with Gasteiger partial charge in [0.05, 0.1) is 13.1 Å². The maximum atomic E-state index is 12.3. The van der Waals surface area contributed by atoms with Gasteiger partial charge in [-0.1, -0.05) is 25.1 Å². The molecule has 1 atom stereocenters. The zero-order chi connectivity index (χ0) is 16.4. The van der Waals surface area contributed by atoms with Gasteiger partial charge in [0.25, 0.3) is 11.8 Å². The van der Waals surface area contributed by atoms with E-state index >= 15 is 0 Å². The van der Waals surface area contributed by atoms with E-state index in [1.54, 1.807) is 11.3 Å². The molecule has 0 aliphatic carbocycles. The van der Waals surface area contributed by atoms with Gasteiger partial charge in [0.2, 0.25) is 0 Å². The Morgan fingerprint density at radius 3 is 3.09 bits per heavy atom. The summed E-state index contributed by atoms with van der Waals surface area (Å²) >= 11 is 1.56. The highest BCUT2D eigenvalue weighted by Gasteiger charge is 2.32. The van der Waals surface area contributed by atoms with E-state index in [9.17, 15) is 9.59 Å². The van der Waals surface area contributed by atoms with Crippen LogP contribution in [-0.4, -0.2) is 32.9 Å². The number of nitrogens with one attached hydrogen (secondary N) is 2. The number of nitrogens with zero attached hydrogens (tertiary/aromatic N) is 3. The second-order valence-electron chi connectivity index (χ2n) is 6.03. The number of aromatic nitrogens is 3. The van der Waals surface area contributed by atoms with E-state index in [1.165, 1.54) is 4.68 Å². The third-order valence-electron chi connectivity index (χ3n) is 3.65. The fraction of sp³-hybridized carbons (Fsp3) is 0.467. The van der Waals surface area contributed by atoms with Gasteiger partial charge < -0.3 is 10.6 Å². The van der Waals surface area contributed by atoms with Crippen LogP contribution in [0.3, 0.4) is 0 Å². The van der Waals surface area contributed by atoms with Crippen molar-refractivity contribution in [3.8, 4) is 0 Å². The van der Waals surface area contributed by atoms with Crippen LogP contribution >= 0.6 is 11.3 Å². The summed E-state index contributed by atoms with van der Waals surface area (Å²) in [6.07, 6.45) is 0.866. The van der Waals surface area contributed by atoms with Crippen LogP contribution in [0.5, 0.6) is 0 Å². The first-order valence-electron chi connectivity index (χ1n) is 7.59. The zero-order valence-corrected chi connectivity index (χ0v) is 13.9. The Kier molecular flexibility index (Phi) is 4.42. The number of thiophene rings is 1. The maximum absolute atomic E-state index is 12.3. The summed E-state index contributed by atoms with van der Waals surface area (Å²) < 4.78 is 1.53. The predicted molar refractivity (Wildman–Crippen MR) is 86.2 cm³/mol. The van der Waals surface area contributed by atoms with Crippen LogP contribution in [0.15, 0.2) is 17.5 Å². The van der Waals surface area contributed by atoms with Gasteiger partial charge in [-0.2, -0.15) is 0 Å². The van der Waals surface area contributed by atoms with E-state index in [4.69, 9.17) is 0 Å². The van der Waals surface area contributed by atoms with E-state index < -0.39 is 0 Å².